The van der Waals surface area contributed by atoms with Crippen LogP contribution in [0.25, 0.3) is 0 Å². The lowest BCUT2D eigenvalue weighted by Crippen LogP contribution is -2.28. The summed E-state index contributed by atoms with van der Waals surface area (Å²) in [5.74, 6) is 0.333. The van der Waals surface area contributed by atoms with E-state index in [2.05, 4.69) is 23.5 Å². The topological polar surface area (TPSA) is 63.2 Å². The molecule has 0 spiro atoms. The quantitative estimate of drug-likeness (QED) is 0.768. The summed E-state index contributed by atoms with van der Waals surface area (Å²) >= 11 is 1.55. The number of nitrogens with one attached hydrogen (secondary N) is 1. The van der Waals surface area contributed by atoms with Crippen molar-refractivity contribution >= 4 is 27.5 Å². The summed E-state index contributed by atoms with van der Waals surface area (Å²) in [6.07, 6.45) is 4.70. The Morgan fingerprint density at radius 1 is 1.12 bits per heavy atom. The van der Waals surface area contributed by atoms with Crippen molar-refractivity contribution in [1.82, 2.24) is 5.32 Å². The number of hydrogen-bond donors (Lipinski definition) is 1. The fraction of sp³-hybridized carbons (Fsp3) is 0.350. The second-order valence-corrected chi connectivity index (χ2v) is 9.77. The Hall–Kier alpha value is -1.79. The molecule has 0 bridgehead atoms. The van der Waals surface area contributed by atoms with Gasteiger partial charge in [0.15, 0.2) is 9.84 Å². The molecule has 6 heteroatoms. The van der Waals surface area contributed by atoms with Gasteiger partial charge in [-0.1, -0.05) is 18.2 Å². The van der Waals surface area contributed by atoms with Crippen molar-refractivity contribution in [3.63, 3.8) is 0 Å². The summed E-state index contributed by atoms with van der Waals surface area (Å²) in [6, 6.07) is 12.9. The number of rotatable bonds is 6. The lowest BCUT2D eigenvalue weighted by Gasteiger charge is -2.15. The Morgan fingerprint density at radius 3 is 2.50 bits per heavy atom. The molecule has 1 aliphatic rings. The van der Waals surface area contributed by atoms with Gasteiger partial charge in [0.1, 0.15) is 0 Å². The normalized spacial score (nSPS) is 14.7. The number of carbonyl (C=O) groups is 1. The maximum Gasteiger partial charge on any atom is 0.230 e. The third kappa shape index (κ3) is 4.68. The second-order valence-electron chi connectivity index (χ2n) is 6.70. The Labute approximate surface area is 159 Å². The Bertz CT molecular complexity index is 905. The van der Waals surface area contributed by atoms with Crippen molar-refractivity contribution in [2.24, 2.45) is 0 Å². The zero-order valence-electron chi connectivity index (χ0n) is 15.0. The van der Waals surface area contributed by atoms with Crippen LogP contribution >= 0.6 is 11.8 Å². The van der Waals surface area contributed by atoms with Crippen molar-refractivity contribution in [3.05, 3.63) is 59.2 Å². The highest BCUT2D eigenvalue weighted by atomic mass is 32.2. The number of thioether (sulfide) groups is 1. The van der Waals surface area contributed by atoms with Crippen LogP contribution in [-0.2, 0) is 27.5 Å². The van der Waals surface area contributed by atoms with Gasteiger partial charge in [0.2, 0.25) is 5.91 Å². The first-order valence-electron chi connectivity index (χ1n) is 8.67. The number of aryl methyl sites for hydroxylation is 2. The average Bonchev–Trinajstić information content (AvgIpc) is 3.07. The molecule has 2 aromatic carbocycles. The molecule has 1 amide bonds. The largest absolute Gasteiger partial charge is 0.349 e. The van der Waals surface area contributed by atoms with E-state index in [9.17, 15) is 13.2 Å². The smallest absolute Gasteiger partial charge is 0.230 e. The lowest BCUT2D eigenvalue weighted by atomic mass is 10.1. The number of carbonyl (C=O) groups excluding carboxylic acids is 1. The van der Waals surface area contributed by atoms with E-state index in [1.165, 1.54) is 23.8 Å². The van der Waals surface area contributed by atoms with Gasteiger partial charge in [-0.15, -0.1) is 11.8 Å². The van der Waals surface area contributed by atoms with E-state index in [1.54, 1.807) is 36.0 Å². The van der Waals surface area contributed by atoms with E-state index in [0.29, 0.717) is 5.75 Å². The second kappa shape index (κ2) is 7.84. The Balaban J connectivity index is 1.54. The van der Waals surface area contributed by atoms with Crippen LogP contribution in [0.2, 0.25) is 0 Å². The van der Waals surface area contributed by atoms with Crippen LogP contribution in [0.3, 0.4) is 0 Å². The van der Waals surface area contributed by atoms with Crippen molar-refractivity contribution in [3.8, 4) is 0 Å². The van der Waals surface area contributed by atoms with Gasteiger partial charge in [0, 0.05) is 11.2 Å². The van der Waals surface area contributed by atoms with Crippen molar-refractivity contribution in [2.45, 2.75) is 42.0 Å². The molecule has 0 unspecified atom stereocenters. The van der Waals surface area contributed by atoms with Crippen molar-refractivity contribution in [1.29, 1.82) is 0 Å². The molecular weight excluding hydrogens is 366 g/mol. The fourth-order valence-electron chi connectivity index (χ4n) is 3.16. The van der Waals surface area contributed by atoms with Gasteiger partial charge >= 0.3 is 0 Å². The maximum atomic E-state index is 12.2. The Kier molecular flexibility index (Phi) is 5.73. The van der Waals surface area contributed by atoms with Crippen molar-refractivity contribution in [2.75, 3.05) is 12.0 Å². The molecule has 138 valence electrons. The van der Waals surface area contributed by atoms with E-state index in [0.717, 1.165) is 23.3 Å². The van der Waals surface area contributed by atoms with Crippen molar-refractivity contribution < 1.29 is 13.2 Å². The SMILES string of the molecule is C[C@@H](NC(=O)CSc1ccc2c(c1)CCC2)c1ccc(S(C)(=O)=O)cc1. The minimum atomic E-state index is -3.20. The molecule has 0 radical (unpaired) electrons. The maximum absolute atomic E-state index is 12.2. The summed E-state index contributed by atoms with van der Waals surface area (Å²) in [5.41, 5.74) is 3.73. The highest BCUT2D eigenvalue weighted by molar-refractivity contribution is 8.00. The predicted octanol–water partition coefficient (Wildman–Crippen LogP) is 3.55. The minimum absolute atomic E-state index is 0.0322. The van der Waals surface area contributed by atoms with Crippen LogP contribution < -0.4 is 5.32 Å². The lowest BCUT2D eigenvalue weighted by molar-refractivity contribution is -0.119. The summed E-state index contributed by atoms with van der Waals surface area (Å²) in [6.45, 7) is 1.90. The first kappa shape index (κ1) is 19.0. The number of hydrogen-bond acceptors (Lipinski definition) is 4. The number of sulfone groups is 1. The van der Waals surface area contributed by atoms with Gasteiger partial charge in [0.05, 0.1) is 16.7 Å². The van der Waals surface area contributed by atoms with E-state index < -0.39 is 9.84 Å². The molecule has 0 aromatic heterocycles. The molecule has 1 atom stereocenters. The first-order chi connectivity index (χ1) is 12.3. The van der Waals surface area contributed by atoms with Gasteiger partial charge in [-0.3, -0.25) is 4.79 Å². The molecular formula is C20H23NO3S2. The fourth-order valence-corrected chi connectivity index (χ4v) is 4.56. The number of benzene rings is 2. The van der Waals surface area contributed by atoms with Gasteiger partial charge in [-0.2, -0.15) is 0 Å². The number of fused-ring (bicyclic) bond motifs is 1. The molecule has 0 saturated carbocycles. The molecule has 1 N–H and O–H groups in total. The summed E-state index contributed by atoms with van der Waals surface area (Å²) < 4.78 is 23.0. The monoisotopic (exact) mass is 389 g/mol. The van der Waals surface area contributed by atoms with E-state index in [-0.39, 0.29) is 16.8 Å². The average molecular weight is 390 g/mol. The highest BCUT2D eigenvalue weighted by Gasteiger charge is 2.14. The van der Waals surface area contributed by atoms with E-state index >= 15 is 0 Å². The summed E-state index contributed by atoms with van der Waals surface area (Å²) in [7, 11) is -3.20. The van der Waals surface area contributed by atoms with Gasteiger partial charge in [0.25, 0.3) is 0 Å². The van der Waals surface area contributed by atoms with Gasteiger partial charge < -0.3 is 5.32 Å². The summed E-state index contributed by atoms with van der Waals surface area (Å²) in [5, 5.41) is 2.97. The summed E-state index contributed by atoms with van der Waals surface area (Å²) in [4.78, 5) is 13.6. The highest BCUT2D eigenvalue weighted by Crippen LogP contribution is 2.27. The van der Waals surface area contributed by atoms with Gasteiger partial charge in [-0.25, -0.2) is 8.42 Å². The first-order valence-corrected chi connectivity index (χ1v) is 11.5. The molecule has 0 heterocycles. The molecule has 0 fully saturated rings. The van der Waals surface area contributed by atoms with Crippen LogP contribution in [0.15, 0.2) is 52.3 Å². The van der Waals surface area contributed by atoms with Crippen LogP contribution in [-0.4, -0.2) is 26.3 Å². The van der Waals surface area contributed by atoms with Crippen LogP contribution in [0, 0.1) is 0 Å². The van der Waals surface area contributed by atoms with E-state index in [1.807, 2.05) is 6.92 Å². The van der Waals surface area contributed by atoms with E-state index in [4.69, 9.17) is 0 Å². The van der Waals surface area contributed by atoms with Gasteiger partial charge in [-0.05, 0) is 67.1 Å². The Morgan fingerprint density at radius 2 is 1.81 bits per heavy atom. The zero-order chi connectivity index (χ0) is 18.7. The predicted molar refractivity (Wildman–Crippen MR) is 105 cm³/mol. The van der Waals surface area contributed by atoms with Crippen LogP contribution in [0.1, 0.15) is 36.1 Å². The van der Waals surface area contributed by atoms with Crippen LogP contribution in [0.5, 0.6) is 0 Å². The molecule has 3 rings (SSSR count). The molecule has 2 aromatic rings. The minimum Gasteiger partial charge on any atom is -0.349 e. The molecule has 0 aliphatic heterocycles. The van der Waals surface area contributed by atoms with Crippen LogP contribution in [0.4, 0.5) is 0 Å². The molecule has 26 heavy (non-hydrogen) atoms. The third-order valence-corrected chi connectivity index (χ3v) is 6.75. The number of amides is 1. The zero-order valence-corrected chi connectivity index (χ0v) is 16.6. The molecule has 4 nitrogen and oxygen atoms in total. The molecule has 1 aliphatic carbocycles. The molecule has 0 saturated heterocycles. The standard InChI is InChI=1S/C20H23NO3S2/c1-14(15-7-10-19(11-8-15)26(2,23)24)21-20(22)13-25-18-9-6-16-4-3-5-17(16)12-18/h6-12,14H,3-5,13H2,1-2H3,(H,21,22)/t14-/m1/s1. The third-order valence-electron chi connectivity index (χ3n) is 4.63.